The Hall–Kier alpha value is -6.72. The highest BCUT2D eigenvalue weighted by Gasteiger charge is 2.27. The van der Waals surface area contributed by atoms with Gasteiger partial charge in [-0.25, -0.2) is 18.7 Å². The number of aromatic nitrogens is 12. The van der Waals surface area contributed by atoms with Gasteiger partial charge in [0.05, 0.1) is 26.2 Å². The smallest absolute Gasteiger partial charge is 0.114 e. The van der Waals surface area contributed by atoms with Gasteiger partial charge in [-0.15, -0.1) is 20.4 Å². The van der Waals surface area contributed by atoms with E-state index in [-0.39, 0.29) is 0 Å². The predicted molar refractivity (Wildman–Crippen MR) is 250 cm³/mol. The van der Waals surface area contributed by atoms with Crippen LogP contribution in [0.25, 0.3) is 22.8 Å². The summed E-state index contributed by atoms with van der Waals surface area (Å²) < 4.78 is 7.92. The van der Waals surface area contributed by atoms with E-state index in [1.807, 2.05) is 148 Å². The first-order chi connectivity index (χ1) is 31.0. The van der Waals surface area contributed by atoms with Crippen LogP contribution in [0.4, 0.5) is 0 Å². The SMILES string of the molecule is CN(C)Cc1nnn(Cc2ccccc2)c1-c1c(CN(C)C)nnn1Cc1ccccc1.CN(C)Cc1nnn(Cc2ccccc2)c1-c1c(CN(C)C)nnn1Cc1ccccc1. The van der Waals surface area contributed by atoms with Crippen LogP contribution in [0.2, 0.25) is 0 Å². The van der Waals surface area contributed by atoms with Gasteiger partial charge in [0.2, 0.25) is 0 Å². The van der Waals surface area contributed by atoms with Crippen molar-refractivity contribution < 1.29 is 0 Å². The van der Waals surface area contributed by atoms with Crippen molar-refractivity contribution in [3.8, 4) is 22.8 Å². The zero-order chi connectivity index (χ0) is 45.0. The van der Waals surface area contributed by atoms with Crippen LogP contribution >= 0.6 is 0 Å². The van der Waals surface area contributed by atoms with Crippen LogP contribution in [0, 0.1) is 0 Å². The molecule has 0 aliphatic heterocycles. The number of hydrogen-bond acceptors (Lipinski definition) is 12. The topological polar surface area (TPSA) is 136 Å². The summed E-state index contributed by atoms with van der Waals surface area (Å²) >= 11 is 0. The van der Waals surface area contributed by atoms with E-state index in [1.54, 1.807) is 0 Å². The zero-order valence-corrected chi connectivity index (χ0v) is 38.4. The molecule has 332 valence electrons. The fraction of sp³-hybridized carbons (Fsp3) is 0.333. The number of hydrogen-bond donors (Lipinski definition) is 0. The third kappa shape index (κ3) is 11.8. The number of benzene rings is 4. The Kier molecular flexibility index (Phi) is 15.3. The summed E-state index contributed by atoms with van der Waals surface area (Å²) in [5, 5.41) is 36.4. The van der Waals surface area contributed by atoms with Gasteiger partial charge in [-0.1, -0.05) is 142 Å². The first-order valence-corrected chi connectivity index (χ1v) is 21.5. The maximum atomic E-state index is 4.57. The van der Waals surface area contributed by atoms with Crippen molar-refractivity contribution in [1.29, 1.82) is 0 Å². The molecule has 0 amide bonds. The second-order valence-corrected chi connectivity index (χ2v) is 17.1. The standard InChI is InChI=1S/2C24H30N8/c2*1-29(2)17-21-23(31(27-25-21)15-19-11-7-5-8-12-19)24-22(18-30(3)4)26-28-32(24)16-20-13-9-6-10-14-20/h2*5-14H,15-18H2,1-4H3. The van der Waals surface area contributed by atoms with Crippen LogP contribution in [-0.4, -0.2) is 136 Å². The van der Waals surface area contributed by atoms with Crippen LogP contribution in [-0.2, 0) is 52.4 Å². The van der Waals surface area contributed by atoms with Gasteiger partial charge in [-0.3, -0.25) is 0 Å². The van der Waals surface area contributed by atoms with Crippen molar-refractivity contribution in [1.82, 2.24) is 79.6 Å². The van der Waals surface area contributed by atoms with E-state index in [1.165, 1.54) is 22.3 Å². The fourth-order valence-electron chi connectivity index (χ4n) is 7.52. The monoisotopic (exact) mass is 861 g/mol. The van der Waals surface area contributed by atoms with Gasteiger partial charge in [-0.2, -0.15) is 0 Å². The molecule has 0 saturated carbocycles. The van der Waals surface area contributed by atoms with E-state index in [2.05, 4.69) is 109 Å². The molecule has 0 atom stereocenters. The molecule has 0 saturated heterocycles. The van der Waals surface area contributed by atoms with Gasteiger partial charge in [-0.05, 0) is 78.6 Å². The quantitative estimate of drug-likeness (QED) is 0.108. The van der Waals surface area contributed by atoms with E-state index in [4.69, 9.17) is 0 Å². The summed E-state index contributed by atoms with van der Waals surface area (Å²) in [6.45, 7) is 5.26. The van der Waals surface area contributed by atoms with Crippen molar-refractivity contribution in [2.45, 2.75) is 52.4 Å². The first kappa shape index (κ1) is 45.3. The highest BCUT2D eigenvalue weighted by Crippen LogP contribution is 2.30. The Labute approximate surface area is 376 Å². The van der Waals surface area contributed by atoms with Crippen molar-refractivity contribution in [2.75, 3.05) is 56.4 Å². The lowest BCUT2D eigenvalue weighted by molar-refractivity contribution is 0.395. The molecule has 0 unspecified atom stereocenters. The Morgan fingerprint density at radius 3 is 0.656 bits per heavy atom. The second kappa shape index (κ2) is 21.6. The van der Waals surface area contributed by atoms with Gasteiger partial charge in [0.15, 0.2) is 0 Å². The van der Waals surface area contributed by atoms with Gasteiger partial charge >= 0.3 is 0 Å². The van der Waals surface area contributed by atoms with Crippen molar-refractivity contribution in [3.05, 3.63) is 166 Å². The molecule has 0 spiro atoms. The Morgan fingerprint density at radius 2 is 0.484 bits per heavy atom. The summed E-state index contributed by atoms with van der Waals surface area (Å²) in [6.07, 6.45) is 0. The molecule has 16 heteroatoms. The van der Waals surface area contributed by atoms with Gasteiger partial charge in [0.1, 0.15) is 45.6 Å². The van der Waals surface area contributed by atoms with Crippen LogP contribution in [0.1, 0.15) is 45.0 Å². The summed E-state index contributed by atoms with van der Waals surface area (Å²) in [7, 11) is 16.3. The van der Waals surface area contributed by atoms with Crippen LogP contribution in [0.15, 0.2) is 121 Å². The average molecular weight is 861 g/mol. The normalized spacial score (nSPS) is 11.6. The molecule has 8 aromatic rings. The minimum Gasteiger partial charge on any atom is -0.303 e. The number of nitrogens with zero attached hydrogens (tertiary/aromatic N) is 16. The van der Waals surface area contributed by atoms with E-state index >= 15 is 0 Å². The lowest BCUT2D eigenvalue weighted by atomic mass is 10.1. The molecule has 4 aromatic heterocycles. The lowest BCUT2D eigenvalue weighted by Gasteiger charge is -2.15. The van der Waals surface area contributed by atoms with E-state index in [0.29, 0.717) is 52.4 Å². The third-order valence-corrected chi connectivity index (χ3v) is 10.2. The third-order valence-electron chi connectivity index (χ3n) is 10.2. The zero-order valence-electron chi connectivity index (χ0n) is 38.4. The summed E-state index contributed by atoms with van der Waals surface area (Å²) in [4.78, 5) is 8.43. The van der Waals surface area contributed by atoms with Crippen molar-refractivity contribution in [3.63, 3.8) is 0 Å². The molecule has 4 aromatic carbocycles. The Morgan fingerprint density at radius 1 is 0.297 bits per heavy atom. The lowest BCUT2D eigenvalue weighted by Crippen LogP contribution is -2.16. The molecule has 0 aliphatic rings. The minimum atomic E-state index is 0.633. The fourth-order valence-corrected chi connectivity index (χ4v) is 7.52. The largest absolute Gasteiger partial charge is 0.303 e. The minimum absolute atomic E-state index is 0.633. The molecule has 0 bridgehead atoms. The molecule has 0 aliphatic carbocycles. The Bertz CT molecular complexity index is 2260. The van der Waals surface area contributed by atoms with Gasteiger partial charge in [0.25, 0.3) is 0 Å². The maximum Gasteiger partial charge on any atom is 0.114 e. The molecule has 16 nitrogen and oxygen atoms in total. The molecule has 4 heterocycles. The summed E-state index contributed by atoms with van der Waals surface area (Å²) in [6, 6.07) is 41.3. The van der Waals surface area contributed by atoms with Crippen molar-refractivity contribution >= 4 is 0 Å². The van der Waals surface area contributed by atoms with Crippen LogP contribution < -0.4 is 0 Å². The van der Waals surface area contributed by atoms with E-state index < -0.39 is 0 Å². The van der Waals surface area contributed by atoms with Gasteiger partial charge < -0.3 is 19.6 Å². The Balaban J connectivity index is 0.000000191. The van der Waals surface area contributed by atoms with Gasteiger partial charge in [0, 0.05) is 26.2 Å². The molecular weight excluding hydrogens is 801 g/mol. The molecule has 8 rings (SSSR count). The first-order valence-electron chi connectivity index (χ1n) is 21.5. The highest BCUT2D eigenvalue weighted by atomic mass is 15.5. The van der Waals surface area contributed by atoms with Crippen LogP contribution in [0.5, 0.6) is 0 Å². The highest BCUT2D eigenvalue weighted by molar-refractivity contribution is 5.62. The molecule has 0 radical (unpaired) electrons. The summed E-state index contributed by atoms with van der Waals surface area (Å²) in [5.41, 5.74) is 12.3. The molecule has 64 heavy (non-hydrogen) atoms. The molecular formula is C48H60N16. The second-order valence-electron chi connectivity index (χ2n) is 17.1. The molecule has 0 fully saturated rings. The molecule has 0 N–H and O–H groups in total. The average Bonchev–Trinajstić information content (AvgIpc) is 4.04. The van der Waals surface area contributed by atoms with Crippen molar-refractivity contribution in [2.24, 2.45) is 0 Å². The van der Waals surface area contributed by atoms with E-state index in [0.717, 1.165) is 45.6 Å². The predicted octanol–water partition coefficient (Wildman–Crippen LogP) is 5.51. The maximum absolute atomic E-state index is 4.57. The van der Waals surface area contributed by atoms with E-state index in [9.17, 15) is 0 Å². The number of rotatable bonds is 18. The van der Waals surface area contributed by atoms with Crippen LogP contribution in [0.3, 0.4) is 0 Å². The summed E-state index contributed by atoms with van der Waals surface area (Å²) in [5.74, 6) is 0.